The zero-order valence-corrected chi connectivity index (χ0v) is 14.6. The number of phenolic OH excluding ortho intramolecular Hbond substituents is 1. The molecule has 0 radical (unpaired) electrons. The third-order valence-electron chi connectivity index (χ3n) is 3.43. The zero-order chi connectivity index (χ0) is 17.0. The standard InChI is InChI=1S/C10H14O.C10H18O/c1-2-3-6-9-7-4-5-8-10(9)11;1-5-10(4,11)8-6-7-9(2)3/h4-5,7-8,11H,2-3,6H2,1H3;5,7,11H,1,6,8H2,2-4H3. The molecule has 0 aromatic heterocycles. The molecule has 2 N–H and O–H groups in total. The lowest BCUT2D eigenvalue weighted by atomic mass is 10.00. The van der Waals surface area contributed by atoms with Gasteiger partial charge in [0.2, 0.25) is 0 Å². The van der Waals surface area contributed by atoms with Gasteiger partial charge in [0.05, 0.1) is 5.60 Å². The van der Waals surface area contributed by atoms with Gasteiger partial charge in [0.1, 0.15) is 5.75 Å². The van der Waals surface area contributed by atoms with Gasteiger partial charge in [-0.2, -0.15) is 0 Å². The van der Waals surface area contributed by atoms with Crippen LogP contribution in [0.2, 0.25) is 0 Å². The molecule has 0 amide bonds. The Morgan fingerprint density at radius 3 is 2.41 bits per heavy atom. The normalized spacial score (nSPS) is 12.6. The molecule has 0 aliphatic heterocycles. The summed E-state index contributed by atoms with van der Waals surface area (Å²) in [6.45, 7) is 11.6. The first kappa shape index (κ1) is 20.5. The van der Waals surface area contributed by atoms with E-state index in [4.69, 9.17) is 0 Å². The molecule has 0 saturated heterocycles. The molecule has 0 fully saturated rings. The average molecular weight is 304 g/mol. The van der Waals surface area contributed by atoms with E-state index in [9.17, 15) is 10.2 Å². The van der Waals surface area contributed by atoms with Gasteiger partial charge in [-0.1, -0.05) is 49.3 Å². The van der Waals surface area contributed by atoms with Gasteiger partial charge in [-0.25, -0.2) is 0 Å². The van der Waals surface area contributed by atoms with E-state index < -0.39 is 5.60 Å². The van der Waals surface area contributed by atoms with Crippen molar-refractivity contribution in [2.24, 2.45) is 0 Å². The van der Waals surface area contributed by atoms with Gasteiger partial charge in [-0.3, -0.25) is 0 Å². The summed E-state index contributed by atoms with van der Waals surface area (Å²) in [4.78, 5) is 0. The van der Waals surface area contributed by atoms with Gasteiger partial charge in [0.25, 0.3) is 0 Å². The second kappa shape index (κ2) is 11.1. The second-order valence-electron chi connectivity index (χ2n) is 6.11. The largest absolute Gasteiger partial charge is 0.508 e. The lowest BCUT2D eigenvalue weighted by molar-refractivity contribution is 0.103. The second-order valence-corrected chi connectivity index (χ2v) is 6.11. The summed E-state index contributed by atoms with van der Waals surface area (Å²) in [5, 5.41) is 18.8. The van der Waals surface area contributed by atoms with Crippen LogP contribution < -0.4 is 0 Å². The minimum Gasteiger partial charge on any atom is -0.508 e. The summed E-state index contributed by atoms with van der Waals surface area (Å²) in [7, 11) is 0. The molecule has 0 spiro atoms. The minimum atomic E-state index is -0.702. The molecule has 1 atom stereocenters. The monoisotopic (exact) mass is 304 g/mol. The minimum absolute atomic E-state index is 0.431. The van der Waals surface area contributed by atoms with Gasteiger partial charge >= 0.3 is 0 Å². The van der Waals surface area contributed by atoms with Gasteiger partial charge < -0.3 is 10.2 Å². The molecule has 22 heavy (non-hydrogen) atoms. The highest BCUT2D eigenvalue weighted by Crippen LogP contribution is 2.17. The van der Waals surface area contributed by atoms with Crippen LogP contribution in [-0.2, 0) is 6.42 Å². The Kier molecular flexibility index (Phi) is 10.3. The highest BCUT2D eigenvalue weighted by atomic mass is 16.3. The lowest BCUT2D eigenvalue weighted by Crippen LogP contribution is -2.19. The molecular weight excluding hydrogens is 272 g/mol. The summed E-state index contributed by atoms with van der Waals surface area (Å²) in [5.74, 6) is 0.431. The summed E-state index contributed by atoms with van der Waals surface area (Å²) >= 11 is 0. The Hall–Kier alpha value is -1.54. The van der Waals surface area contributed by atoms with E-state index in [1.807, 2.05) is 18.2 Å². The molecule has 0 aliphatic carbocycles. The Morgan fingerprint density at radius 1 is 1.27 bits per heavy atom. The Bertz CT molecular complexity index is 455. The van der Waals surface area contributed by atoms with Crippen molar-refractivity contribution >= 4 is 0 Å². The van der Waals surface area contributed by atoms with Gasteiger partial charge in [0, 0.05) is 0 Å². The molecule has 1 aromatic rings. The molecular formula is C20H32O2. The number of unbranched alkanes of at least 4 members (excludes halogenated alkanes) is 1. The number of allylic oxidation sites excluding steroid dienone is 2. The number of phenols is 1. The van der Waals surface area contributed by atoms with E-state index >= 15 is 0 Å². The van der Waals surface area contributed by atoms with Crippen molar-refractivity contribution in [1.29, 1.82) is 0 Å². The molecule has 0 heterocycles. The Morgan fingerprint density at radius 2 is 1.91 bits per heavy atom. The van der Waals surface area contributed by atoms with Crippen LogP contribution in [0, 0.1) is 0 Å². The maximum Gasteiger partial charge on any atom is 0.118 e. The summed E-state index contributed by atoms with van der Waals surface area (Å²) in [6, 6.07) is 7.53. The molecule has 2 heteroatoms. The smallest absolute Gasteiger partial charge is 0.118 e. The molecule has 1 aromatic carbocycles. The van der Waals surface area contributed by atoms with Crippen molar-refractivity contribution in [3.8, 4) is 5.75 Å². The third-order valence-corrected chi connectivity index (χ3v) is 3.43. The number of aryl methyl sites for hydroxylation is 1. The van der Waals surface area contributed by atoms with E-state index in [0.29, 0.717) is 5.75 Å². The van der Waals surface area contributed by atoms with Crippen LogP contribution in [0.1, 0.15) is 58.9 Å². The molecule has 124 valence electrons. The fraction of sp³-hybridized carbons (Fsp3) is 0.500. The van der Waals surface area contributed by atoms with E-state index in [2.05, 4.69) is 33.4 Å². The fourth-order valence-electron chi connectivity index (χ4n) is 1.84. The Balaban J connectivity index is 0.000000401. The van der Waals surface area contributed by atoms with Crippen molar-refractivity contribution in [3.05, 3.63) is 54.1 Å². The summed E-state index contributed by atoms with van der Waals surface area (Å²) < 4.78 is 0. The number of rotatable bonds is 7. The number of benzene rings is 1. The maximum atomic E-state index is 9.49. The predicted octanol–water partition coefficient (Wildman–Crippen LogP) is 5.40. The van der Waals surface area contributed by atoms with E-state index in [1.165, 1.54) is 12.0 Å². The van der Waals surface area contributed by atoms with Gasteiger partial charge in [-0.15, -0.1) is 6.58 Å². The van der Waals surface area contributed by atoms with E-state index in [0.717, 1.165) is 31.2 Å². The number of hydrogen-bond donors (Lipinski definition) is 2. The SMILES string of the molecule is C=CC(C)(O)CCC=C(C)C.CCCCc1ccccc1O. The average Bonchev–Trinajstić information content (AvgIpc) is 2.46. The van der Waals surface area contributed by atoms with Gasteiger partial charge in [-0.05, 0) is 58.1 Å². The highest BCUT2D eigenvalue weighted by molar-refractivity contribution is 5.31. The summed E-state index contributed by atoms with van der Waals surface area (Å²) in [5.41, 5.74) is 1.66. The quantitative estimate of drug-likeness (QED) is 0.662. The van der Waals surface area contributed by atoms with Gasteiger partial charge in [0.15, 0.2) is 0 Å². The van der Waals surface area contributed by atoms with E-state index in [-0.39, 0.29) is 0 Å². The number of aromatic hydroxyl groups is 1. The zero-order valence-electron chi connectivity index (χ0n) is 14.6. The maximum absolute atomic E-state index is 9.49. The van der Waals surface area contributed by atoms with Crippen LogP contribution in [-0.4, -0.2) is 15.8 Å². The van der Waals surface area contributed by atoms with Crippen LogP contribution >= 0.6 is 0 Å². The van der Waals surface area contributed by atoms with Crippen LogP contribution in [0.5, 0.6) is 5.75 Å². The van der Waals surface area contributed by atoms with Crippen LogP contribution in [0.25, 0.3) is 0 Å². The number of aliphatic hydroxyl groups is 1. The molecule has 2 nitrogen and oxygen atoms in total. The topological polar surface area (TPSA) is 40.5 Å². The molecule has 0 aliphatic rings. The van der Waals surface area contributed by atoms with Crippen molar-refractivity contribution in [3.63, 3.8) is 0 Å². The molecule has 0 saturated carbocycles. The Labute approximate surface area is 136 Å². The number of para-hydroxylation sites is 1. The van der Waals surface area contributed by atoms with E-state index in [1.54, 1.807) is 19.1 Å². The molecule has 0 bridgehead atoms. The third kappa shape index (κ3) is 10.2. The van der Waals surface area contributed by atoms with Crippen LogP contribution in [0.4, 0.5) is 0 Å². The highest BCUT2D eigenvalue weighted by Gasteiger charge is 2.12. The lowest BCUT2D eigenvalue weighted by Gasteiger charge is -2.16. The van der Waals surface area contributed by atoms with Crippen molar-refractivity contribution in [2.45, 2.75) is 65.4 Å². The fourth-order valence-corrected chi connectivity index (χ4v) is 1.84. The first-order valence-corrected chi connectivity index (χ1v) is 8.08. The first-order valence-electron chi connectivity index (χ1n) is 8.08. The summed E-state index contributed by atoms with van der Waals surface area (Å²) in [6.07, 6.45) is 8.70. The van der Waals surface area contributed by atoms with Crippen molar-refractivity contribution < 1.29 is 10.2 Å². The molecule has 1 rings (SSSR count). The molecule has 1 unspecified atom stereocenters. The predicted molar refractivity (Wildman–Crippen MR) is 96.2 cm³/mol. The number of hydrogen-bond acceptors (Lipinski definition) is 2. The first-order chi connectivity index (χ1) is 10.3. The van der Waals surface area contributed by atoms with Crippen LogP contribution in [0.3, 0.4) is 0 Å². The van der Waals surface area contributed by atoms with Crippen molar-refractivity contribution in [1.82, 2.24) is 0 Å². The van der Waals surface area contributed by atoms with Crippen molar-refractivity contribution in [2.75, 3.05) is 0 Å². The van der Waals surface area contributed by atoms with Crippen LogP contribution in [0.15, 0.2) is 48.6 Å².